The normalized spacial score (nSPS) is 9.42. The van der Waals surface area contributed by atoms with Gasteiger partial charge in [-0.1, -0.05) is 24.3 Å². The van der Waals surface area contributed by atoms with Crippen molar-refractivity contribution in [3.8, 4) is 0 Å². The molecule has 3 heteroatoms. The van der Waals surface area contributed by atoms with Crippen LogP contribution in [0.2, 0.25) is 0 Å². The summed E-state index contributed by atoms with van der Waals surface area (Å²) in [5, 5.41) is 0. The number of hydrazine groups is 1. The summed E-state index contributed by atoms with van der Waals surface area (Å²) in [7, 11) is 0. The van der Waals surface area contributed by atoms with E-state index in [-0.39, 0.29) is 0 Å². The molecule has 0 heterocycles. The fourth-order valence-electron chi connectivity index (χ4n) is 0.782. The number of hydrogen-bond acceptors (Lipinski definition) is 3. The van der Waals surface area contributed by atoms with Crippen LogP contribution >= 0.6 is 11.9 Å². The number of anilines is 1. The van der Waals surface area contributed by atoms with Crippen molar-refractivity contribution in [2.45, 2.75) is 0 Å². The topological polar surface area (TPSA) is 29.3 Å². The van der Waals surface area contributed by atoms with Gasteiger partial charge in [0.2, 0.25) is 0 Å². The second-order valence-corrected chi connectivity index (χ2v) is 3.23. The first-order valence-electron chi connectivity index (χ1n) is 3.68. The Kier molecular flexibility index (Phi) is 3.70. The molecule has 1 rings (SSSR count). The highest BCUT2D eigenvalue weighted by Gasteiger charge is 1.97. The summed E-state index contributed by atoms with van der Waals surface area (Å²) in [6.07, 6.45) is 1.83. The van der Waals surface area contributed by atoms with E-state index in [9.17, 15) is 0 Å². The average molecular weight is 180 g/mol. The monoisotopic (exact) mass is 180 g/mol. The predicted molar refractivity (Wildman–Crippen MR) is 55.8 cm³/mol. The third-order valence-corrected chi connectivity index (χ3v) is 2.22. The van der Waals surface area contributed by atoms with E-state index in [1.807, 2.05) is 36.4 Å². The summed E-state index contributed by atoms with van der Waals surface area (Å²) in [6, 6.07) is 9.83. The van der Waals surface area contributed by atoms with Gasteiger partial charge in [0.15, 0.2) is 0 Å². The van der Waals surface area contributed by atoms with Crippen LogP contribution in [0.5, 0.6) is 0 Å². The lowest BCUT2D eigenvalue weighted by Crippen LogP contribution is -2.22. The van der Waals surface area contributed by atoms with Crippen LogP contribution in [0.15, 0.2) is 43.0 Å². The Labute approximate surface area is 77.2 Å². The minimum absolute atomic E-state index is 0.825. The fraction of sp³-hybridized carbons (Fsp3) is 0.111. The highest BCUT2D eigenvalue weighted by molar-refractivity contribution is 8.00. The summed E-state index contributed by atoms with van der Waals surface area (Å²) in [5.74, 6) is 6.55. The minimum Gasteiger partial charge on any atom is -0.253 e. The lowest BCUT2D eigenvalue weighted by molar-refractivity contribution is 1.21. The van der Waals surface area contributed by atoms with Crippen LogP contribution in [0, 0.1) is 0 Å². The Balaban J connectivity index is 2.53. The molecule has 2 N–H and O–H groups in total. The zero-order valence-corrected chi connectivity index (χ0v) is 7.63. The van der Waals surface area contributed by atoms with E-state index >= 15 is 0 Å². The molecule has 0 aliphatic carbocycles. The molecule has 0 atom stereocenters. The number of rotatable bonds is 4. The smallest absolute Gasteiger partial charge is 0.0645 e. The first-order valence-corrected chi connectivity index (χ1v) is 4.62. The first kappa shape index (κ1) is 9.16. The van der Waals surface area contributed by atoms with Gasteiger partial charge in [-0.3, -0.25) is 4.41 Å². The lowest BCUT2D eigenvalue weighted by Gasteiger charge is -2.15. The summed E-state index contributed by atoms with van der Waals surface area (Å²) in [4.78, 5) is 0. The first-order chi connectivity index (χ1) is 5.84. The third kappa shape index (κ3) is 2.60. The van der Waals surface area contributed by atoms with Gasteiger partial charge in [-0.15, -0.1) is 6.58 Å². The summed E-state index contributed by atoms with van der Waals surface area (Å²) in [6.45, 7) is 3.62. The predicted octanol–water partition coefficient (Wildman–Crippen LogP) is 2.20. The lowest BCUT2D eigenvalue weighted by atomic mass is 10.3. The van der Waals surface area contributed by atoms with E-state index in [0.717, 1.165) is 11.4 Å². The SMILES string of the molecule is C=CCSN(N)c1ccccc1. The molecule has 12 heavy (non-hydrogen) atoms. The van der Waals surface area contributed by atoms with Crippen LogP contribution in [0.4, 0.5) is 5.69 Å². The van der Waals surface area contributed by atoms with Crippen LogP contribution in [-0.4, -0.2) is 5.75 Å². The summed E-state index contributed by atoms with van der Waals surface area (Å²) >= 11 is 1.52. The van der Waals surface area contributed by atoms with E-state index in [2.05, 4.69) is 6.58 Å². The van der Waals surface area contributed by atoms with Gasteiger partial charge in [-0.05, 0) is 24.1 Å². The molecule has 0 unspecified atom stereocenters. The zero-order valence-electron chi connectivity index (χ0n) is 6.81. The second-order valence-electron chi connectivity index (χ2n) is 2.25. The molecule has 0 aliphatic heterocycles. The quantitative estimate of drug-likeness (QED) is 0.333. The molecule has 0 aliphatic rings. The Morgan fingerprint density at radius 2 is 2.08 bits per heavy atom. The maximum absolute atomic E-state index is 5.73. The average Bonchev–Trinajstić information content (AvgIpc) is 2.15. The zero-order chi connectivity index (χ0) is 8.81. The minimum atomic E-state index is 0.825. The molecule has 0 fully saturated rings. The van der Waals surface area contributed by atoms with Crippen LogP contribution in [0.1, 0.15) is 0 Å². The molecule has 0 saturated carbocycles. The highest BCUT2D eigenvalue weighted by atomic mass is 32.2. The van der Waals surface area contributed by atoms with Crippen molar-refractivity contribution >= 4 is 17.6 Å². The molecular weight excluding hydrogens is 168 g/mol. The van der Waals surface area contributed by atoms with E-state index in [1.165, 1.54) is 11.9 Å². The largest absolute Gasteiger partial charge is 0.253 e. The van der Waals surface area contributed by atoms with Crippen molar-refractivity contribution in [2.24, 2.45) is 5.84 Å². The number of hydrogen-bond donors (Lipinski definition) is 1. The number of benzene rings is 1. The van der Waals surface area contributed by atoms with Crippen LogP contribution < -0.4 is 10.3 Å². The Morgan fingerprint density at radius 3 is 2.67 bits per heavy atom. The van der Waals surface area contributed by atoms with E-state index in [4.69, 9.17) is 5.84 Å². The molecule has 0 spiro atoms. The number of nitrogens with two attached hydrogens (primary N) is 1. The summed E-state index contributed by atoms with van der Waals surface area (Å²) in [5.41, 5.74) is 1.00. The van der Waals surface area contributed by atoms with Gasteiger partial charge >= 0.3 is 0 Å². The van der Waals surface area contributed by atoms with Crippen LogP contribution in [-0.2, 0) is 0 Å². The molecule has 1 aromatic carbocycles. The van der Waals surface area contributed by atoms with E-state index < -0.39 is 0 Å². The molecule has 0 amide bonds. The maximum Gasteiger partial charge on any atom is 0.0645 e. The standard InChI is InChI=1S/C9H12N2S/c1-2-8-12-11(10)9-6-4-3-5-7-9/h2-7H,1,8,10H2. The van der Waals surface area contributed by atoms with Gasteiger partial charge in [-0.2, -0.15) is 0 Å². The summed E-state index contributed by atoms with van der Waals surface area (Å²) < 4.78 is 1.64. The van der Waals surface area contributed by atoms with Crippen molar-refractivity contribution in [2.75, 3.05) is 10.2 Å². The Bertz CT molecular complexity index is 236. The molecule has 1 aromatic rings. The Morgan fingerprint density at radius 1 is 1.42 bits per heavy atom. The molecule has 64 valence electrons. The highest BCUT2D eigenvalue weighted by Crippen LogP contribution is 2.16. The van der Waals surface area contributed by atoms with Gasteiger partial charge in [0.25, 0.3) is 0 Å². The van der Waals surface area contributed by atoms with Gasteiger partial charge in [0.05, 0.1) is 5.69 Å². The number of para-hydroxylation sites is 1. The van der Waals surface area contributed by atoms with Gasteiger partial charge in [-0.25, -0.2) is 5.84 Å². The van der Waals surface area contributed by atoms with Gasteiger partial charge < -0.3 is 0 Å². The molecule has 0 aromatic heterocycles. The third-order valence-electron chi connectivity index (χ3n) is 1.34. The molecule has 2 nitrogen and oxygen atoms in total. The van der Waals surface area contributed by atoms with E-state index in [1.54, 1.807) is 4.41 Å². The van der Waals surface area contributed by atoms with Gasteiger partial charge in [0, 0.05) is 5.75 Å². The molecule has 0 saturated heterocycles. The van der Waals surface area contributed by atoms with Gasteiger partial charge in [0.1, 0.15) is 0 Å². The number of nitrogens with zero attached hydrogens (tertiary/aromatic N) is 1. The molecule has 0 bridgehead atoms. The van der Waals surface area contributed by atoms with Crippen molar-refractivity contribution < 1.29 is 0 Å². The second kappa shape index (κ2) is 4.85. The Hall–Kier alpha value is -0.930. The van der Waals surface area contributed by atoms with Crippen molar-refractivity contribution in [3.63, 3.8) is 0 Å². The van der Waals surface area contributed by atoms with Crippen LogP contribution in [0.25, 0.3) is 0 Å². The van der Waals surface area contributed by atoms with Crippen molar-refractivity contribution in [3.05, 3.63) is 43.0 Å². The maximum atomic E-state index is 5.73. The molecule has 0 radical (unpaired) electrons. The molecular formula is C9H12N2S. The van der Waals surface area contributed by atoms with E-state index in [0.29, 0.717) is 0 Å². The van der Waals surface area contributed by atoms with Crippen molar-refractivity contribution in [1.29, 1.82) is 0 Å². The van der Waals surface area contributed by atoms with Crippen molar-refractivity contribution in [1.82, 2.24) is 0 Å². The van der Waals surface area contributed by atoms with Crippen LogP contribution in [0.3, 0.4) is 0 Å². The fourth-order valence-corrected chi connectivity index (χ4v) is 1.32.